The Bertz CT molecular complexity index is 690. The summed E-state index contributed by atoms with van der Waals surface area (Å²) in [5, 5.41) is 0. The molecule has 0 aromatic rings. The lowest BCUT2D eigenvalue weighted by atomic mass is 9.47. The average Bonchev–Trinajstić information content (AvgIpc) is 2.87. The van der Waals surface area contributed by atoms with E-state index in [4.69, 9.17) is 0 Å². The van der Waals surface area contributed by atoms with Crippen LogP contribution >= 0.6 is 11.8 Å². The van der Waals surface area contributed by atoms with Crippen LogP contribution in [-0.2, 0) is 9.59 Å². The van der Waals surface area contributed by atoms with Gasteiger partial charge in [-0.1, -0.05) is 33.8 Å². The number of hydrogen-bond donors (Lipinski definition) is 0. The Morgan fingerprint density at radius 3 is 2.68 bits per heavy atom. The molecule has 136 valence electrons. The quantitative estimate of drug-likeness (QED) is 0.681. The highest BCUT2D eigenvalue weighted by Crippen LogP contribution is 2.65. The zero-order valence-electron chi connectivity index (χ0n) is 15.9. The molecule has 0 spiro atoms. The van der Waals surface area contributed by atoms with Gasteiger partial charge in [-0.3, -0.25) is 9.59 Å². The number of Topliss-reactive ketones (excluding diaryl/α,β-unsaturated/α-hetero) is 1. The van der Waals surface area contributed by atoms with Crippen LogP contribution in [0, 0.1) is 34.5 Å². The van der Waals surface area contributed by atoms with Gasteiger partial charge in [0.25, 0.3) is 0 Å². The molecule has 0 N–H and O–H groups in total. The van der Waals surface area contributed by atoms with Crippen LogP contribution in [0.2, 0.25) is 0 Å². The zero-order valence-corrected chi connectivity index (χ0v) is 16.7. The first-order chi connectivity index (χ1) is 11.8. The zero-order chi connectivity index (χ0) is 18.0. The van der Waals surface area contributed by atoms with Crippen LogP contribution in [0.15, 0.2) is 22.6 Å². The maximum Gasteiger partial charge on any atom is 0.191 e. The molecule has 0 bridgehead atoms. The van der Waals surface area contributed by atoms with Gasteiger partial charge in [-0.15, -0.1) is 11.8 Å². The molecular formula is C22H30O2S. The molecule has 0 amide bonds. The number of hydrogen-bond acceptors (Lipinski definition) is 3. The van der Waals surface area contributed by atoms with E-state index in [1.54, 1.807) is 11.8 Å². The topological polar surface area (TPSA) is 34.1 Å². The van der Waals surface area contributed by atoms with Gasteiger partial charge < -0.3 is 0 Å². The predicted molar refractivity (Wildman–Crippen MR) is 103 cm³/mol. The third kappa shape index (κ3) is 2.30. The van der Waals surface area contributed by atoms with Crippen LogP contribution < -0.4 is 0 Å². The van der Waals surface area contributed by atoms with Gasteiger partial charge in [0.2, 0.25) is 0 Å². The van der Waals surface area contributed by atoms with Gasteiger partial charge in [0, 0.05) is 17.3 Å². The highest BCUT2D eigenvalue weighted by Gasteiger charge is 2.60. The second kappa shape index (κ2) is 5.84. The van der Waals surface area contributed by atoms with Crippen molar-refractivity contribution >= 4 is 23.3 Å². The first kappa shape index (κ1) is 17.6. The molecule has 0 aromatic carbocycles. The van der Waals surface area contributed by atoms with Gasteiger partial charge in [-0.25, -0.2) is 0 Å². The molecule has 0 aliphatic heterocycles. The van der Waals surface area contributed by atoms with Gasteiger partial charge in [-0.2, -0.15) is 0 Å². The maximum atomic E-state index is 12.6. The number of allylic oxidation sites excluding steroid dienone is 4. The van der Waals surface area contributed by atoms with Crippen molar-refractivity contribution in [1.82, 2.24) is 0 Å². The molecule has 3 heteroatoms. The summed E-state index contributed by atoms with van der Waals surface area (Å²) in [6.45, 7) is 9.05. The van der Waals surface area contributed by atoms with E-state index in [2.05, 4.69) is 33.8 Å². The van der Waals surface area contributed by atoms with E-state index < -0.39 is 0 Å². The Morgan fingerprint density at radius 2 is 1.96 bits per heavy atom. The smallest absolute Gasteiger partial charge is 0.191 e. The summed E-state index contributed by atoms with van der Waals surface area (Å²) in [7, 11) is 0. The Labute approximate surface area is 155 Å². The van der Waals surface area contributed by atoms with Crippen molar-refractivity contribution in [3.05, 3.63) is 22.6 Å². The fourth-order valence-corrected chi connectivity index (χ4v) is 7.90. The molecule has 4 aliphatic carbocycles. The van der Waals surface area contributed by atoms with Gasteiger partial charge in [-0.05, 0) is 66.8 Å². The molecule has 4 rings (SSSR count). The third-order valence-corrected chi connectivity index (χ3v) is 8.95. The number of fused-ring (bicyclic) bond motifs is 5. The van der Waals surface area contributed by atoms with E-state index in [9.17, 15) is 9.59 Å². The van der Waals surface area contributed by atoms with E-state index >= 15 is 0 Å². The summed E-state index contributed by atoms with van der Waals surface area (Å²) < 4.78 is 0. The van der Waals surface area contributed by atoms with Crippen molar-refractivity contribution in [3.63, 3.8) is 0 Å². The normalized spacial score (nSPS) is 46.1. The second-order valence-electron chi connectivity index (χ2n) is 9.09. The van der Waals surface area contributed by atoms with E-state index in [1.807, 2.05) is 6.08 Å². The molecule has 0 aromatic heterocycles. The second-order valence-corrected chi connectivity index (χ2v) is 10.4. The summed E-state index contributed by atoms with van der Waals surface area (Å²) >= 11 is 1.73. The Balaban J connectivity index is 1.78. The summed E-state index contributed by atoms with van der Waals surface area (Å²) in [5.41, 5.74) is 1.33. The molecular weight excluding hydrogens is 328 g/mol. The highest BCUT2D eigenvalue weighted by molar-refractivity contribution is 8.04. The van der Waals surface area contributed by atoms with E-state index in [-0.39, 0.29) is 16.6 Å². The van der Waals surface area contributed by atoms with Crippen molar-refractivity contribution in [1.29, 1.82) is 0 Å². The first-order valence-electron chi connectivity index (χ1n) is 9.97. The Hall–Kier alpha value is -0.830. The molecule has 3 fully saturated rings. The third-order valence-electron chi connectivity index (χ3n) is 7.95. The van der Waals surface area contributed by atoms with E-state index in [0.717, 1.165) is 42.8 Å². The van der Waals surface area contributed by atoms with Crippen molar-refractivity contribution in [2.45, 2.75) is 59.8 Å². The minimum atomic E-state index is -0.0757. The Kier molecular flexibility index (Phi) is 4.10. The lowest BCUT2D eigenvalue weighted by Gasteiger charge is -2.57. The largest absolute Gasteiger partial charge is 0.299 e. The van der Waals surface area contributed by atoms with Crippen molar-refractivity contribution in [3.8, 4) is 0 Å². The number of carbonyl (C=O) groups excluding carboxylic acids is 2. The van der Waals surface area contributed by atoms with Crippen LogP contribution in [0.25, 0.3) is 0 Å². The van der Waals surface area contributed by atoms with Crippen LogP contribution in [0.5, 0.6) is 0 Å². The van der Waals surface area contributed by atoms with Crippen LogP contribution in [0.1, 0.15) is 59.8 Å². The molecule has 3 saturated carbocycles. The molecule has 0 radical (unpaired) electrons. The lowest BCUT2D eigenvalue weighted by molar-refractivity contribution is -0.132. The van der Waals surface area contributed by atoms with Crippen LogP contribution in [0.3, 0.4) is 0 Å². The number of ketones is 2. The molecule has 25 heavy (non-hydrogen) atoms. The molecule has 4 aliphatic rings. The first-order valence-corrected chi connectivity index (χ1v) is 11.0. The monoisotopic (exact) mass is 358 g/mol. The SMILES string of the molecule is CCSC1=C2C(C)C[C@@H]3[C@H](CC[C@]4(C)C(=O)CC[C@@H]34)[C@@]2(C)C=CC1=O. The van der Waals surface area contributed by atoms with Crippen LogP contribution in [-0.4, -0.2) is 17.3 Å². The van der Waals surface area contributed by atoms with E-state index in [1.165, 1.54) is 5.57 Å². The van der Waals surface area contributed by atoms with Crippen molar-refractivity contribution in [2.75, 3.05) is 5.75 Å². The highest BCUT2D eigenvalue weighted by atomic mass is 32.2. The fraction of sp³-hybridized carbons (Fsp3) is 0.727. The van der Waals surface area contributed by atoms with Gasteiger partial charge >= 0.3 is 0 Å². The minimum absolute atomic E-state index is 0.000709. The predicted octanol–water partition coefficient (Wildman–Crippen LogP) is 5.19. The van der Waals surface area contributed by atoms with Crippen LogP contribution in [0.4, 0.5) is 0 Å². The maximum absolute atomic E-state index is 12.6. The summed E-state index contributed by atoms with van der Waals surface area (Å²) in [6.07, 6.45) is 9.23. The minimum Gasteiger partial charge on any atom is -0.299 e. The number of thioether (sulfide) groups is 1. The summed E-state index contributed by atoms with van der Waals surface area (Å²) in [6, 6.07) is 0. The van der Waals surface area contributed by atoms with Crippen molar-refractivity contribution < 1.29 is 9.59 Å². The van der Waals surface area contributed by atoms with E-state index in [0.29, 0.717) is 29.5 Å². The molecule has 2 nitrogen and oxygen atoms in total. The Morgan fingerprint density at radius 1 is 1.20 bits per heavy atom. The van der Waals surface area contributed by atoms with Crippen molar-refractivity contribution in [2.24, 2.45) is 34.5 Å². The molecule has 0 heterocycles. The standard InChI is InChI=1S/C22H30O2S/c1-5-25-20-17(23)9-11-22(4)16-8-10-21(3)15(6-7-18(21)24)14(16)12-13(2)19(20)22/h9,11,13-16H,5-8,10,12H2,1-4H3/t13?,14-,15-,16-,21-,22+/m0/s1. The summed E-state index contributed by atoms with van der Waals surface area (Å²) in [5.74, 6) is 3.86. The van der Waals surface area contributed by atoms with Gasteiger partial charge in [0.05, 0.1) is 4.91 Å². The number of rotatable bonds is 2. The van der Waals surface area contributed by atoms with Gasteiger partial charge in [0.15, 0.2) is 5.78 Å². The number of carbonyl (C=O) groups is 2. The fourth-order valence-electron chi connectivity index (χ4n) is 6.82. The lowest BCUT2D eigenvalue weighted by Crippen LogP contribution is -2.51. The molecule has 0 saturated heterocycles. The van der Waals surface area contributed by atoms with Gasteiger partial charge in [0.1, 0.15) is 5.78 Å². The molecule has 6 atom stereocenters. The average molecular weight is 359 g/mol. The summed E-state index contributed by atoms with van der Waals surface area (Å²) in [4.78, 5) is 26.1. The molecule has 1 unspecified atom stereocenters.